The lowest BCUT2D eigenvalue weighted by molar-refractivity contribution is -0.145. The van der Waals surface area contributed by atoms with Crippen molar-refractivity contribution in [2.45, 2.75) is 64.2 Å². The molecule has 3 nitrogen and oxygen atoms in total. The highest BCUT2D eigenvalue weighted by atomic mass is 31.0. The second kappa shape index (κ2) is 15.8. The van der Waals surface area contributed by atoms with E-state index in [1.807, 2.05) is 9.47 Å². The first-order chi connectivity index (χ1) is 9.31. The van der Waals surface area contributed by atoms with Crippen LogP contribution in [0.15, 0.2) is 0 Å². The molecule has 0 saturated heterocycles. The summed E-state index contributed by atoms with van der Waals surface area (Å²) in [7, 11) is 2.03. The van der Waals surface area contributed by atoms with Crippen LogP contribution in [0, 0.1) is 0 Å². The van der Waals surface area contributed by atoms with Gasteiger partial charge in [-0.2, -0.15) is 0 Å². The predicted octanol–water partition coefficient (Wildman–Crippen LogP) is 4.21. The molecule has 0 bridgehead atoms. The molecule has 0 aromatic heterocycles. The zero-order chi connectivity index (χ0) is 14.2. The van der Waals surface area contributed by atoms with Crippen molar-refractivity contribution < 1.29 is 18.4 Å². The molecule has 0 aliphatic carbocycles. The summed E-state index contributed by atoms with van der Waals surface area (Å²) in [5.41, 5.74) is 0. The normalized spacial score (nSPS) is 10.6. The van der Waals surface area contributed by atoms with Crippen molar-refractivity contribution in [3.63, 3.8) is 0 Å². The van der Waals surface area contributed by atoms with Crippen LogP contribution in [0.4, 0.5) is 4.39 Å². The van der Waals surface area contributed by atoms with Gasteiger partial charge in [0.15, 0.2) is 0 Å². The monoisotopic (exact) mass is 294 g/mol. The van der Waals surface area contributed by atoms with Crippen molar-refractivity contribution in [2.24, 2.45) is 0 Å². The Balaban J connectivity index is 3.01. The van der Waals surface area contributed by atoms with Gasteiger partial charge >= 0.3 is 5.97 Å². The number of alkyl halides is 1. The number of hydrogen-bond acceptors (Lipinski definition) is 3. The minimum Gasteiger partial charge on any atom is -0.464 e. The fraction of sp³-hybridized carbons (Fsp3) is 0.929. The average molecular weight is 294 g/mol. The number of esters is 1. The molecule has 0 rings (SSSR count). The highest BCUT2D eigenvalue weighted by molar-refractivity contribution is 7.09. The lowest BCUT2D eigenvalue weighted by Crippen LogP contribution is -2.10. The summed E-state index contributed by atoms with van der Waals surface area (Å²) in [6.45, 7) is 0.330. The van der Waals surface area contributed by atoms with Crippen molar-refractivity contribution in [3.05, 3.63) is 0 Å². The van der Waals surface area contributed by atoms with Crippen molar-refractivity contribution in [3.8, 4) is 0 Å². The van der Waals surface area contributed by atoms with Crippen LogP contribution >= 0.6 is 9.47 Å². The molecule has 0 aromatic rings. The van der Waals surface area contributed by atoms with Crippen molar-refractivity contribution in [1.29, 1.82) is 0 Å². The SMILES string of the molecule is O=C(COP)OCCCCCCCCCCCCF. The molecule has 0 saturated carbocycles. The van der Waals surface area contributed by atoms with E-state index in [4.69, 9.17) is 4.74 Å². The van der Waals surface area contributed by atoms with E-state index < -0.39 is 0 Å². The van der Waals surface area contributed by atoms with Crippen LogP contribution in [-0.2, 0) is 14.1 Å². The van der Waals surface area contributed by atoms with E-state index in [-0.39, 0.29) is 19.3 Å². The standard InChI is InChI=1S/C14H28FO3P/c15-11-9-7-5-3-1-2-4-6-8-10-12-17-14(16)13-18-19/h1-13,19H2. The molecule has 1 atom stereocenters. The van der Waals surface area contributed by atoms with Crippen molar-refractivity contribution in [1.82, 2.24) is 0 Å². The third-order valence-electron chi connectivity index (χ3n) is 2.99. The van der Waals surface area contributed by atoms with Gasteiger partial charge in [0.25, 0.3) is 0 Å². The molecule has 0 radical (unpaired) electrons. The minimum atomic E-state index is -0.303. The van der Waals surface area contributed by atoms with Crippen LogP contribution < -0.4 is 0 Å². The molecule has 0 aliphatic heterocycles. The Morgan fingerprint density at radius 1 is 0.842 bits per heavy atom. The van der Waals surface area contributed by atoms with Crippen LogP contribution in [0.3, 0.4) is 0 Å². The molecule has 114 valence electrons. The predicted molar refractivity (Wildman–Crippen MR) is 78.8 cm³/mol. The van der Waals surface area contributed by atoms with E-state index in [2.05, 4.69) is 4.52 Å². The fourth-order valence-corrected chi connectivity index (χ4v) is 2.04. The Morgan fingerprint density at radius 2 is 1.32 bits per heavy atom. The van der Waals surface area contributed by atoms with Crippen LogP contribution in [0.1, 0.15) is 64.2 Å². The highest BCUT2D eigenvalue weighted by Crippen LogP contribution is 2.10. The smallest absolute Gasteiger partial charge is 0.332 e. The number of halogens is 1. The van der Waals surface area contributed by atoms with Crippen LogP contribution in [-0.4, -0.2) is 25.9 Å². The Morgan fingerprint density at radius 3 is 1.79 bits per heavy atom. The molecule has 0 fully saturated rings. The molecule has 0 aliphatic rings. The van der Waals surface area contributed by atoms with Crippen LogP contribution in [0.25, 0.3) is 0 Å². The van der Waals surface area contributed by atoms with Gasteiger partial charge in [-0.25, -0.2) is 4.79 Å². The van der Waals surface area contributed by atoms with Crippen molar-refractivity contribution >= 4 is 15.4 Å². The molecular formula is C14H28FO3P. The van der Waals surface area contributed by atoms with Crippen LogP contribution in [0.2, 0.25) is 0 Å². The quantitative estimate of drug-likeness (QED) is 0.273. The third-order valence-corrected chi connectivity index (χ3v) is 3.16. The zero-order valence-electron chi connectivity index (χ0n) is 11.9. The molecular weight excluding hydrogens is 266 g/mol. The van der Waals surface area contributed by atoms with Gasteiger partial charge in [-0.15, -0.1) is 0 Å². The fourth-order valence-electron chi connectivity index (χ4n) is 1.91. The lowest BCUT2D eigenvalue weighted by atomic mass is 10.1. The van der Waals surface area contributed by atoms with Gasteiger partial charge in [-0.3, -0.25) is 4.39 Å². The number of hydrogen-bond donors (Lipinski definition) is 0. The molecule has 0 spiro atoms. The Hall–Kier alpha value is -0.210. The maximum atomic E-state index is 11.8. The summed E-state index contributed by atoms with van der Waals surface area (Å²) in [6.07, 6.45) is 11.1. The maximum Gasteiger partial charge on any atom is 0.332 e. The Bertz CT molecular complexity index is 203. The Labute approximate surface area is 118 Å². The number of unbranched alkanes of at least 4 members (excludes halogenated alkanes) is 9. The van der Waals surface area contributed by atoms with E-state index >= 15 is 0 Å². The second-order valence-corrected chi connectivity index (χ2v) is 5.09. The van der Waals surface area contributed by atoms with Gasteiger partial charge in [0.05, 0.1) is 13.3 Å². The first-order valence-electron chi connectivity index (χ1n) is 7.34. The van der Waals surface area contributed by atoms with E-state index in [9.17, 15) is 9.18 Å². The third kappa shape index (κ3) is 15.7. The largest absolute Gasteiger partial charge is 0.464 e. The summed E-state index contributed by atoms with van der Waals surface area (Å²) in [4.78, 5) is 10.9. The van der Waals surface area contributed by atoms with Gasteiger partial charge in [-0.05, 0) is 12.8 Å². The van der Waals surface area contributed by atoms with E-state index in [1.165, 1.54) is 32.1 Å². The first kappa shape index (κ1) is 18.8. The minimum absolute atomic E-state index is 0.00702. The van der Waals surface area contributed by atoms with Gasteiger partial charge in [0.2, 0.25) is 0 Å². The average Bonchev–Trinajstić information content (AvgIpc) is 2.40. The summed E-state index contributed by atoms with van der Waals surface area (Å²) in [5, 5.41) is 0. The van der Waals surface area contributed by atoms with E-state index in [0.717, 1.165) is 32.1 Å². The van der Waals surface area contributed by atoms with Gasteiger partial charge in [0, 0.05) is 9.47 Å². The molecule has 0 aromatic carbocycles. The van der Waals surface area contributed by atoms with E-state index in [1.54, 1.807) is 0 Å². The first-order valence-corrected chi connectivity index (χ1v) is 7.81. The van der Waals surface area contributed by atoms with Gasteiger partial charge < -0.3 is 9.26 Å². The second-order valence-electron chi connectivity index (χ2n) is 4.76. The summed E-state index contributed by atoms with van der Waals surface area (Å²) in [6, 6.07) is 0. The summed E-state index contributed by atoms with van der Waals surface area (Å²) < 4.78 is 21.4. The zero-order valence-corrected chi connectivity index (χ0v) is 13.0. The molecule has 0 N–H and O–H groups in total. The number of ether oxygens (including phenoxy) is 1. The number of rotatable bonds is 14. The van der Waals surface area contributed by atoms with Gasteiger partial charge in [-0.1, -0.05) is 51.4 Å². The topological polar surface area (TPSA) is 35.5 Å². The molecule has 19 heavy (non-hydrogen) atoms. The van der Waals surface area contributed by atoms with Crippen LogP contribution in [0.5, 0.6) is 0 Å². The summed E-state index contributed by atoms with van der Waals surface area (Å²) in [5.74, 6) is -0.303. The molecule has 5 heteroatoms. The molecule has 0 amide bonds. The lowest BCUT2D eigenvalue weighted by Gasteiger charge is -2.04. The highest BCUT2D eigenvalue weighted by Gasteiger charge is 2.00. The number of carbonyl (C=O) groups excluding carboxylic acids is 1. The maximum absolute atomic E-state index is 11.8. The van der Waals surface area contributed by atoms with Crippen molar-refractivity contribution in [2.75, 3.05) is 19.9 Å². The Kier molecular flexibility index (Phi) is 15.7. The van der Waals surface area contributed by atoms with Gasteiger partial charge in [0.1, 0.15) is 6.61 Å². The molecule has 0 heterocycles. The summed E-state index contributed by atoms with van der Waals surface area (Å²) >= 11 is 0. The number of carbonyl (C=O) groups is 1. The molecule has 1 unspecified atom stereocenters. The van der Waals surface area contributed by atoms with E-state index in [0.29, 0.717) is 6.61 Å².